The van der Waals surface area contributed by atoms with E-state index in [0.717, 1.165) is 10.9 Å². The molecule has 0 aliphatic rings. The van der Waals surface area contributed by atoms with Crippen molar-refractivity contribution in [3.63, 3.8) is 0 Å². The third kappa shape index (κ3) is 2.84. The first kappa shape index (κ1) is 15.0. The van der Waals surface area contributed by atoms with E-state index < -0.39 is 15.8 Å². The molecule has 2 N–H and O–H groups in total. The zero-order valence-corrected chi connectivity index (χ0v) is 12.8. The first-order chi connectivity index (χ1) is 9.32. The van der Waals surface area contributed by atoms with Gasteiger partial charge in [-0.25, -0.2) is 12.8 Å². The van der Waals surface area contributed by atoms with Gasteiger partial charge < -0.3 is 5.73 Å². The van der Waals surface area contributed by atoms with Crippen LogP contribution in [-0.4, -0.2) is 19.8 Å². The molecule has 0 aliphatic carbocycles. The Bertz CT molecular complexity index is 712. The molecule has 0 amide bonds. The summed E-state index contributed by atoms with van der Waals surface area (Å²) < 4.78 is 39.8. The van der Waals surface area contributed by atoms with Crippen LogP contribution < -0.4 is 5.73 Å². The number of thiophene rings is 1. The van der Waals surface area contributed by atoms with Gasteiger partial charge in [-0.2, -0.15) is 4.31 Å². The standard InChI is InChI=1S/C13H15FN2O2S2/c1-9-12(14)6-10(15)7-13(9)20(17,18)16(2)8-11-4-3-5-19-11/h3-7H,8,15H2,1-2H3. The van der Waals surface area contributed by atoms with Gasteiger partial charge in [0.15, 0.2) is 0 Å². The van der Waals surface area contributed by atoms with Gasteiger partial charge in [0.1, 0.15) is 5.82 Å². The van der Waals surface area contributed by atoms with Crippen molar-refractivity contribution in [3.05, 3.63) is 45.9 Å². The molecule has 0 bridgehead atoms. The van der Waals surface area contributed by atoms with Crippen molar-refractivity contribution in [1.29, 1.82) is 0 Å². The number of sulfonamides is 1. The van der Waals surface area contributed by atoms with Gasteiger partial charge in [0, 0.05) is 29.7 Å². The minimum atomic E-state index is -3.77. The predicted molar refractivity (Wildman–Crippen MR) is 78.5 cm³/mol. The van der Waals surface area contributed by atoms with Crippen molar-refractivity contribution in [2.24, 2.45) is 0 Å². The van der Waals surface area contributed by atoms with Crippen molar-refractivity contribution in [3.8, 4) is 0 Å². The summed E-state index contributed by atoms with van der Waals surface area (Å²) >= 11 is 1.47. The van der Waals surface area contributed by atoms with E-state index in [2.05, 4.69) is 0 Å². The van der Waals surface area contributed by atoms with Crippen molar-refractivity contribution < 1.29 is 12.8 Å². The molecule has 0 atom stereocenters. The van der Waals surface area contributed by atoms with Crippen LogP contribution >= 0.6 is 11.3 Å². The van der Waals surface area contributed by atoms with E-state index in [-0.39, 0.29) is 22.7 Å². The lowest BCUT2D eigenvalue weighted by molar-refractivity contribution is 0.468. The van der Waals surface area contributed by atoms with Gasteiger partial charge in [-0.15, -0.1) is 11.3 Å². The van der Waals surface area contributed by atoms with E-state index in [0.29, 0.717) is 0 Å². The highest BCUT2D eigenvalue weighted by Crippen LogP contribution is 2.25. The molecular weight excluding hydrogens is 299 g/mol. The molecule has 4 nitrogen and oxygen atoms in total. The second-order valence-electron chi connectivity index (χ2n) is 4.47. The van der Waals surface area contributed by atoms with Crippen LogP contribution in [0.15, 0.2) is 34.5 Å². The molecule has 1 aromatic carbocycles. The zero-order valence-electron chi connectivity index (χ0n) is 11.1. The fraction of sp³-hybridized carbons (Fsp3) is 0.231. The molecule has 0 aliphatic heterocycles. The van der Waals surface area contributed by atoms with E-state index in [1.807, 2.05) is 17.5 Å². The van der Waals surface area contributed by atoms with Gasteiger partial charge in [-0.05, 0) is 30.5 Å². The normalized spacial score (nSPS) is 12.0. The molecule has 2 aromatic rings. The number of nitrogens with zero attached hydrogens (tertiary/aromatic N) is 1. The first-order valence-corrected chi connectivity index (χ1v) is 8.18. The molecular formula is C13H15FN2O2S2. The number of anilines is 1. The lowest BCUT2D eigenvalue weighted by Crippen LogP contribution is -2.27. The summed E-state index contributed by atoms with van der Waals surface area (Å²) in [6, 6.07) is 6.11. The smallest absolute Gasteiger partial charge is 0.243 e. The maximum atomic E-state index is 13.7. The maximum absolute atomic E-state index is 13.7. The van der Waals surface area contributed by atoms with Crippen LogP contribution in [-0.2, 0) is 16.6 Å². The van der Waals surface area contributed by atoms with Crippen molar-refractivity contribution >= 4 is 27.0 Å². The van der Waals surface area contributed by atoms with Crippen LogP contribution in [0, 0.1) is 12.7 Å². The fourth-order valence-corrected chi connectivity index (χ4v) is 4.07. The van der Waals surface area contributed by atoms with Crippen molar-refractivity contribution in [2.75, 3.05) is 12.8 Å². The Balaban J connectivity index is 2.40. The van der Waals surface area contributed by atoms with Crippen LogP contribution in [0.25, 0.3) is 0 Å². The fourth-order valence-electron chi connectivity index (χ4n) is 1.82. The summed E-state index contributed by atoms with van der Waals surface area (Å²) in [4.78, 5) is 0.826. The number of nitrogen functional groups attached to an aromatic ring is 1. The van der Waals surface area contributed by atoms with Gasteiger partial charge in [0.05, 0.1) is 4.90 Å². The van der Waals surface area contributed by atoms with Crippen LogP contribution in [0.5, 0.6) is 0 Å². The second kappa shape index (κ2) is 5.51. The molecule has 20 heavy (non-hydrogen) atoms. The molecule has 7 heteroatoms. The van der Waals surface area contributed by atoms with E-state index in [1.165, 1.54) is 35.7 Å². The summed E-state index contributed by atoms with van der Waals surface area (Å²) in [7, 11) is -2.30. The van der Waals surface area contributed by atoms with Gasteiger partial charge >= 0.3 is 0 Å². The van der Waals surface area contributed by atoms with Crippen molar-refractivity contribution in [1.82, 2.24) is 4.31 Å². The number of hydrogen-bond donors (Lipinski definition) is 1. The Hall–Kier alpha value is -1.44. The molecule has 0 saturated carbocycles. The monoisotopic (exact) mass is 314 g/mol. The Morgan fingerprint density at radius 2 is 2.10 bits per heavy atom. The minimum absolute atomic E-state index is 0.0808. The van der Waals surface area contributed by atoms with Crippen molar-refractivity contribution in [2.45, 2.75) is 18.4 Å². The highest BCUT2D eigenvalue weighted by molar-refractivity contribution is 7.89. The molecule has 0 saturated heterocycles. The van der Waals surface area contributed by atoms with Gasteiger partial charge in [0.2, 0.25) is 10.0 Å². The summed E-state index contributed by atoms with van der Waals surface area (Å²) in [5, 5.41) is 1.88. The van der Waals surface area contributed by atoms with Crippen LogP contribution in [0.2, 0.25) is 0 Å². The highest BCUT2D eigenvalue weighted by Gasteiger charge is 2.25. The number of benzene rings is 1. The number of hydrogen-bond acceptors (Lipinski definition) is 4. The average Bonchev–Trinajstić information content (AvgIpc) is 2.86. The average molecular weight is 314 g/mol. The van der Waals surface area contributed by atoms with Gasteiger partial charge in [-0.3, -0.25) is 0 Å². The lowest BCUT2D eigenvalue weighted by atomic mass is 10.2. The lowest BCUT2D eigenvalue weighted by Gasteiger charge is -2.18. The Kier molecular flexibility index (Phi) is 4.12. The molecule has 0 spiro atoms. The Morgan fingerprint density at radius 3 is 2.70 bits per heavy atom. The number of nitrogens with two attached hydrogens (primary N) is 1. The molecule has 0 fully saturated rings. The largest absolute Gasteiger partial charge is 0.399 e. The Morgan fingerprint density at radius 1 is 1.40 bits per heavy atom. The zero-order chi connectivity index (χ0) is 14.9. The minimum Gasteiger partial charge on any atom is -0.399 e. The maximum Gasteiger partial charge on any atom is 0.243 e. The topological polar surface area (TPSA) is 63.4 Å². The van der Waals surface area contributed by atoms with E-state index in [4.69, 9.17) is 5.73 Å². The van der Waals surface area contributed by atoms with E-state index in [9.17, 15) is 12.8 Å². The number of halogens is 1. The van der Waals surface area contributed by atoms with E-state index in [1.54, 1.807) is 0 Å². The SMILES string of the molecule is Cc1c(F)cc(N)cc1S(=O)(=O)N(C)Cc1cccs1. The van der Waals surface area contributed by atoms with E-state index >= 15 is 0 Å². The highest BCUT2D eigenvalue weighted by atomic mass is 32.2. The summed E-state index contributed by atoms with van der Waals surface area (Å²) in [6.45, 7) is 1.68. The first-order valence-electron chi connectivity index (χ1n) is 5.86. The molecule has 2 rings (SSSR count). The van der Waals surface area contributed by atoms with Crippen LogP contribution in [0.1, 0.15) is 10.4 Å². The third-order valence-electron chi connectivity index (χ3n) is 2.97. The summed E-state index contributed by atoms with van der Waals surface area (Å²) in [5.74, 6) is -0.618. The molecule has 1 aromatic heterocycles. The Labute approximate surface area is 121 Å². The number of rotatable bonds is 4. The predicted octanol–water partition coefficient (Wildman–Crippen LogP) is 2.60. The molecule has 1 heterocycles. The second-order valence-corrected chi connectivity index (χ2v) is 7.51. The van der Waals surface area contributed by atoms with Crippen LogP contribution in [0.3, 0.4) is 0 Å². The summed E-state index contributed by atoms with van der Waals surface area (Å²) in [6.07, 6.45) is 0. The van der Waals surface area contributed by atoms with Crippen LogP contribution in [0.4, 0.5) is 10.1 Å². The molecule has 0 radical (unpaired) electrons. The van der Waals surface area contributed by atoms with Gasteiger partial charge in [0.25, 0.3) is 0 Å². The third-order valence-corrected chi connectivity index (χ3v) is 5.76. The summed E-state index contributed by atoms with van der Waals surface area (Å²) in [5.41, 5.74) is 5.71. The molecule has 0 unspecified atom stereocenters. The van der Waals surface area contributed by atoms with Gasteiger partial charge in [-0.1, -0.05) is 6.07 Å². The molecule has 108 valence electrons. The quantitative estimate of drug-likeness (QED) is 0.882.